The third-order valence-corrected chi connectivity index (χ3v) is 6.79. The van der Waals surface area contributed by atoms with Crippen LogP contribution in [0.4, 0.5) is 0 Å². The molecule has 1 aromatic carbocycles. The molecule has 0 radical (unpaired) electrons. The zero-order valence-electron chi connectivity index (χ0n) is 24.1. The molecule has 10 heteroatoms. The van der Waals surface area contributed by atoms with Gasteiger partial charge in [-0.3, -0.25) is 0 Å². The number of hydrogen-bond acceptors (Lipinski definition) is 10. The van der Waals surface area contributed by atoms with Crippen molar-refractivity contribution in [3.05, 3.63) is 60.7 Å². The zero-order valence-corrected chi connectivity index (χ0v) is 24.1. The Kier molecular flexibility index (Phi) is 14.7. The molecule has 0 heterocycles. The van der Waals surface area contributed by atoms with E-state index >= 15 is 0 Å². The minimum atomic E-state index is -2.06. The van der Waals surface area contributed by atoms with Gasteiger partial charge in [0.1, 0.15) is 25.9 Å². The number of ether oxygens (including phenoxy) is 5. The van der Waals surface area contributed by atoms with E-state index < -0.39 is 49.1 Å². The fourth-order valence-corrected chi connectivity index (χ4v) is 4.74. The molecule has 2 rings (SSSR count). The quantitative estimate of drug-likeness (QED) is 0.151. The lowest BCUT2D eigenvalue weighted by atomic mass is 9.77. The van der Waals surface area contributed by atoms with Gasteiger partial charge in [-0.25, -0.2) is 14.4 Å². The van der Waals surface area contributed by atoms with Crippen molar-refractivity contribution in [1.29, 1.82) is 0 Å². The average molecular weight is 577 g/mol. The third kappa shape index (κ3) is 12.1. The smallest absolute Gasteiger partial charge is 0.341 e. The highest BCUT2D eigenvalue weighted by molar-refractivity contribution is 5.90. The molecular formula is C31H44O10. The van der Waals surface area contributed by atoms with Crippen molar-refractivity contribution in [2.24, 2.45) is 5.92 Å². The van der Waals surface area contributed by atoms with Gasteiger partial charge in [0, 0.05) is 12.2 Å². The molecule has 1 fully saturated rings. The Morgan fingerprint density at radius 2 is 1.54 bits per heavy atom. The molecule has 3 unspecified atom stereocenters. The summed E-state index contributed by atoms with van der Waals surface area (Å²) in [6, 6.07) is 7.18. The van der Waals surface area contributed by atoms with Gasteiger partial charge in [-0.15, -0.1) is 0 Å². The first-order valence-corrected chi connectivity index (χ1v) is 14.1. The van der Waals surface area contributed by atoms with E-state index in [0.29, 0.717) is 5.92 Å². The summed E-state index contributed by atoms with van der Waals surface area (Å²) in [4.78, 5) is 36.7. The van der Waals surface area contributed by atoms with E-state index in [9.17, 15) is 24.6 Å². The molecule has 1 aliphatic rings. The average Bonchev–Trinajstić information content (AvgIpc) is 2.96. The lowest BCUT2D eigenvalue weighted by Crippen LogP contribution is -2.49. The van der Waals surface area contributed by atoms with E-state index in [1.807, 2.05) is 12.1 Å². The van der Waals surface area contributed by atoms with Crippen LogP contribution in [0.25, 0.3) is 0 Å². The topological polar surface area (TPSA) is 138 Å². The van der Waals surface area contributed by atoms with Crippen molar-refractivity contribution in [3.63, 3.8) is 0 Å². The fourth-order valence-electron chi connectivity index (χ4n) is 4.74. The van der Waals surface area contributed by atoms with Gasteiger partial charge in [-0.2, -0.15) is 0 Å². The van der Waals surface area contributed by atoms with Crippen LogP contribution in [-0.2, 0) is 33.3 Å². The Bertz CT molecular complexity index is 981. The lowest BCUT2D eigenvalue weighted by molar-refractivity contribution is -0.247. The first kappa shape index (κ1) is 34.2. The first-order valence-electron chi connectivity index (χ1n) is 14.1. The summed E-state index contributed by atoms with van der Waals surface area (Å²) in [6.07, 6.45) is 6.91. The van der Waals surface area contributed by atoms with Gasteiger partial charge in [0.15, 0.2) is 0 Å². The maximum Gasteiger partial charge on any atom is 0.341 e. The van der Waals surface area contributed by atoms with Crippen molar-refractivity contribution in [2.75, 3.05) is 33.0 Å². The molecule has 1 aromatic rings. The highest BCUT2D eigenvalue weighted by atomic mass is 16.8. The molecule has 0 amide bonds. The standard InChI is InChI=1S/C31H44O10/c1-5-8-23-9-11-24(12-10-23)25-13-15-26(16-14-25)30(36)41-31(40-29(35)7-3,20-37-17-22(4)32)21-38-18-27(33)19-39-28(34)6-2/h6-7,13-16,22-24,27,32-33H,2-3,5,8-12,17-21H2,1,4H3. The van der Waals surface area contributed by atoms with E-state index in [-0.39, 0.29) is 25.4 Å². The molecule has 0 bridgehead atoms. The zero-order chi connectivity index (χ0) is 30.3. The van der Waals surface area contributed by atoms with E-state index in [1.54, 1.807) is 12.1 Å². The largest absolute Gasteiger partial charge is 0.460 e. The maximum absolute atomic E-state index is 13.2. The Labute approximate surface area is 242 Å². The van der Waals surface area contributed by atoms with Crippen molar-refractivity contribution < 1.29 is 48.3 Å². The van der Waals surface area contributed by atoms with Gasteiger partial charge >= 0.3 is 23.7 Å². The summed E-state index contributed by atoms with van der Waals surface area (Å²) in [5.41, 5.74) is 1.40. The van der Waals surface area contributed by atoms with Crippen molar-refractivity contribution in [1.82, 2.24) is 0 Å². The molecule has 0 aromatic heterocycles. The molecular weight excluding hydrogens is 532 g/mol. The minimum Gasteiger partial charge on any atom is -0.460 e. The number of aliphatic hydroxyl groups is 2. The molecule has 1 saturated carbocycles. The molecule has 1 aliphatic carbocycles. The Hall–Kier alpha value is -3.05. The van der Waals surface area contributed by atoms with Crippen LogP contribution >= 0.6 is 0 Å². The summed E-state index contributed by atoms with van der Waals surface area (Å²) in [5, 5.41) is 19.7. The summed E-state index contributed by atoms with van der Waals surface area (Å²) >= 11 is 0. The second kappa shape index (κ2) is 17.7. The van der Waals surface area contributed by atoms with Gasteiger partial charge < -0.3 is 33.9 Å². The first-order chi connectivity index (χ1) is 19.6. The van der Waals surface area contributed by atoms with Gasteiger partial charge in [0.2, 0.25) is 0 Å². The van der Waals surface area contributed by atoms with Crippen LogP contribution < -0.4 is 0 Å². The van der Waals surface area contributed by atoms with E-state index in [4.69, 9.17) is 23.7 Å². The van der Waals surface area contributed by atoms with Gasteiger partial charge in [0.25, 0.3) is 0 Å². The summed E-state index contributed by atoms with van der Waals surface area (Å²) < 4.78 is 26.8. The summed E-state index contributed by atoms with van der Waals surface area (Å²) in [7, 11) is 0. The second-order valence-electron chi connectivity index (χ2n) is 10.4. The van der Waals surface area contributed by atoms with Gasteiger partial charge in [-0.05, 0) is 62.1 Å². The van der Waals surface area contributed by atoms with Crippen molar-refractivity contribution >= 4 is 17.9 Å². The highest BCUT2D eigenvalue weighted by Gasteiger charge is 2.40. The monoisotopic (exact) mass is 576 g/mol. The van der Waals surface area contributed by atoms with Crippen LogP contribution in [0.2, 0.25) is 0 Å². The van der Waals surface area contributed by atoms with Crippen molar-refractivity contribution in [3.8, 4) is 0 Å². The van der Waals surface area contributed by atoms with Crippen LogP contribution in [0.5, 0.6) is 0 Å². The second-order valence-corrected chi connectivity index (χ2v) is 10.4. The molecule has 228 valence electrons. The van der Waals surface area contributed by atoms with Crippen LogP contribution in [0, 0.1) is 5.92 Å². The van der Waals surface area contributed by atoms with E-state index in [0.717, 1.165) is 36.5 Å². The predicted octanol–water partition coefficient (Wildman–Crippen LogP) is 3.85. The molecule has 0 aliphatic heterocycles. The SMILES string of the molecule is C=CC(=O)OCC(O)COCC(COCC(C)O)(OC(=O)C=C)OC(=O)c1ccc(C2CCC(CCC)CC2)cc1. The number of carbonyl (C=O) groups is 3. The molecule has 2 N–H and O–H groups in total. The molecule has 3 atom stereocenters. The number of benzene rings is 1. The Morgan fingerprint density at radius 1 is 0.927 bits per heavy atom. The third-order valence-electron chi connectivity index (χ3n) is 6.79. The number of aliphatic hydroxyl groups excluding tert-OH is 2. The fraction of sp³-hybridized carbons (Fsp3) is 0.581. The number of hydrogen-bond donors (Lipinski definition) is 2. The molecule has 0 saturated heterocycles. The van der Waals surface area contributed by atoms with Gasteiger partial charge in [-0.1, -0.05) is 45.1 Å². The summed E-state index contributed by atoms with van der Waals surface area (Å²) in [5.74, 6) is -3.24. The minimum absolute atomic E-state index is 0.139. The number of rotatable bonds is 18. The molecule has 0 spiro atoms. The van der Waals surface area contributed by atoms with E-state index in [2.05, 4.69) is 20.1 Å². The lowest BCUT2D eigenvalue weighted by Gasteiger charge is -2.32. The normalized spacial score (nSPS) is 19.7. The van der Waals surface area contributed by atoms with Crippen molar-refractivity contribution in [2.45, 2.75) is 76.3 Å². The summed E-state index contributed by atoms with van der Waals surface area (Å²) in [6.45, 7) is 8.53. The van der Waals surface area contributed by atoms with Crippen LogP contribution in [0.3, 0.4) is 0 Å². The van der Waals surface area contributed by atoms with Crippen LogP contribution in [0.1, 0.15) is 74.2 Å². The molecule has 10 nitrogen and oxygen atoms in total. The highest BCUT2D eigenvalue weighted by Crippen LogP contribution is 2.37. The van der Waals surface area contributed by atoms with E-state index in [1.165, 1.54) is 32.6 Å². The maximum atomic E-state index is 13.2. The number of carbonyl (C=O) groups excluding carboxylic acids is 3. The number of esters is 3. The Balaban J connectivity index is 2.13. The predicted molar refractivity (Wildman–Crippen MR) is 151 cm³/mol. The molecule has 41 heavy (non-hydrogen) atoms. The van der Waals surface area contributed by atoms with Crippen LogP contribution in [-0.4, -0.2) is 79.2 Å². The Morgan fingerprint density at radius 3 is 2.10 bits per heavy atom. The van der Waals surface area contributed by atoms with Crippen LogP contribution in [0.15, 0.2) is 49.6 Å². The van der Waals surface area contributed by atoms with Gasteiger partial charge in [0.05, 0.1) is 24.9 Å².